The number of amides is 1. The van der Waals surface area contributed by atoms with Crippen LogP contribution in [-0.2, 0) is 46.7 Å². The molecule has 308 valence electrons. The first-order valence-corrected chi connectivity index (χ1v) is 19.4. The number of benzene rings is 2. The molecule has 0 bridgehead atoms. The van der Waals surface area contributed by atoms with Crippen molar-refractivity contribution in [2.45, 2.75) is 56.5 Å². The van der Waals surface area contributed by atoms with Crippen molar-refractivity contribution in [1.29, 1.82) is 0 Å². The van der Waals surface area contributed by atoms with Gasteiger partial charge in [-0.2, -0.15) is 10.1 Å². The molecule has 16 nitrogen and oxygen atoms in total. The molecular weight excluding hydrogens is 795 g/mol. The summed E-state index contributed by atoms with van der Waals surface area (Å²) in [5, 5.41) is 37.8. The number of carboxylic acids is 2. The maximum Gasteiger partial charge on any atom is 0.335 e. The minimum absolute atomic E-state index is 0.0267. The standard InChI is InChI=1S/C35H38ClFN8O2S.C4H6O6/c1-4-43(5-2)14-15-44(21-27-17-38-33(39-18-27)28-8-10-30(36)11-9-28)32(46)23-45-22-29(16-26-19-40-42(3)20-26)34(47)41-35(45)48-24-25-6-12-31(37)13-7-25;5-1(3(7)8)2(6)4(9)10/h6-13,17-20,22H,4-5,14-16,21,23-24H2,1-3H3;1-2,5-6H,(H,7,8)(H,9,10). The van der Waals surface area contributed by atoms with Gasteiger partial charge in [-0.1, -0.05) is 49.3 Å². The van der Waals surface area contributed by atoms with Crippen LogP contribution in [-0.4, -0.2) is 116 Å². The van der Waals surface area contributed by atoms with Crippen molar-refractivity contribution < 1.29 is 39.2 Å². The van der Waals surface area contributed by atoms with Crippen LogP contribution in [0.5, 0.6) is 0 Å². The lowest BCUT2D eigenvalue weighted by molar-refractivity contribution is -0.165. The Morgan fingerprint density at radius 2 is 1.48 bits per heavy atom. The molecule has 0 aliphatic rings. The number of nitrogens with zero attached hydrogens (tertiary/aromatic N) is 8. The smallest absolute Gasteiger partial charge is 0.335 e. The fraction of sp³-hybridized carbons (Fsp3) is 0.333. The first-order valence-electron chi connectivity index (χ1n) is 18.0. The fourth-order valence-corrected chi connectivity index (χ4v) is 6.44. The molecule has 0 spiro atoms. The van der Waals surface area contributed by atoms with E-state index in [1.54, 1.807) is 63.2 Å². The Kier molecular flexibility index (Phi) is 17.0. The number of aromatic nitrogens is 6. The third-order valence-corrected chi connectivity index (χ3v) is 10.0. The number of thioether (sulfide) groups is 1. The van der Waals surface area contributed by atoms with Gasteiger partial charge in [0.05, 0.1) is 6.20 Å². The van der Waals surface area contributed by atoms with Crippen LogP contribution < -0.4 is 5.56 Å². The van der Waals surface area contributed by atoms with E-state index >= 15 is 0 Å². The first kappa shape index (κ1) is 45.2. The van der Waals surface area contributed by atoms with E-state index in [0.29, 0.717) is 53.4 Å². The van der Waals surface area contributed by atoms with Crippen LogP contribution in [0.1, 0.15) is 36.1 Å². The maximum absolute atomic E-state index is 14.1. The van der Waals surface area contributed by atoms with Gasteiger partial charge in [0.2, 0.25) is 5.91 Å². The number of carbonyl (C=O) groups is 3. The molecule has 2 unspecified atom stereocenters. The molecule has 58 heavy (non-hydrogen) atoms. The molecule has 0 aliphatic heterocycles. The van der Waals surface area contributed by atoms with Crippen molar-refractivity contribution in [2.24, 2.45) is 7.05 Å². The van der Waals surface area contributed by atoms with Gasteiger partial charge in [-0.15, -0.1) is 0 Å². The predicted molar refractivity (Wildman–Crippen MR) is 213 cm³/mol. The van der Waals surface area contributed by atoms with Gasteiger partial charge in [0.15, 0.2) is 23.2 Å². The highest BCUT2D eigenvalue weighted by molar-refractivity contribution is 7.98. The molecule has 0 saturated carbocycles. The summed E-state index contributed by atoms with van der Waals surface area (Å²) in [6, 6.07) is 13.5. The lowest BCUT2D eigenvalue weighted by Crippen LogP contribution is -2.40. The second kappa shape index (κ2) is 21.8. The summed E-state index contributed by atoms with van der Waals surface area (Å²) in [6.45, 7) is 7.40. The number of carboxylic acid groups (broad SMARTS) is 2. The fourth-order valence-electron chi connectivity index (χ4n) is 5.40. The van der Waals surface area contributed by atoms with Crippen molar-refractivity contribution >= 4 is 41.2 Å². The molecule has 5 aromatic rings. The Morgan fingerprint density at radius 1 is 0.862 bits per heavy atom. The highest BCUT2D eigenvalue weighted by atomic mass is 35.5. The van der Waals surface area contributed by atoms with Gasteiger partial charge in [0, 0.05) is 85.4 Å². The minimum Gasteiger partial charge on any atom is -0.479 e. The minimum atomic E-state index is -2.27. The van der Waals surface area contributed by atoms with Crippen LogP contribution in [0.3, 0.4) is 0 Å². The number of hydrogen-bond acceptors (Lipinski definition) is 12. The number of halogens is 2. The Balaban J connectivity index is 0.000000657. The molecule has 0 aliphatic carbocycles. The van der Waals surface area contributed by atoms with Crippen LogP contribution in [0.4, 0.5) is 4.39 Å². The van der Waals surface area contributed by atoms with E-state index in [4.69, 9.17) is 32.0 Å². The first-order chi connectivity index (χ1) is 27.7. The monoisotopic (exact) mass is 838 g/mol. The summed E-state index contributed by atoms with van der Waals surface area (Å²) >= 11 is 7.36. The van der Waals surface area contributed by atoms with Crippen molar-refractivity contribution in [2.75, 3.05) is 26.2 Å². The van der Waals surface area contributed by atoms with Gasteiger partial charge in [0.25, 0.3) is 5.56 Å². The van der Waals surface area contributed by atoms with Gasteiger partial charge >= 0.3 is 11.9 Å². The molecule has 3 heterocycles. The average Bonchev–Trinajstić information content (AvgIpc) is 3.63. The number of likely N-dealkylation sites (N-methyl/N-ethyl adjacent to an activating group) is 1. The summed E-state index contributed by atoms with van der Waals surface area (Å²) in [7, 11) is 1.82. The topological polar surface area (TPSA) is 217 Å². The second-order valence-electron chi connectivity index (χ2n) is 12.9. The number of rotatable bonds is 18. The zero-order valence-corrected chi connectivity index (χ0v) is 33.6. The van der Waals surface area contributed by atoms with Gasteiger partial charge in [-0.05, 0) is 60.6 Å². The highest BCUT2D eigenvalue weighted by Crippen LogP contribution is 2.22. The van der Waals surface area contributed by atoms with E-state index in [2.05, 4.69) is 38.8 Å². The van der Waals surface area contributed by atoms with Crippen LogP contribution in [0.25, 0.3) is 11.4 Å². The quantitative estimate of drug-likeness (QED) is 0.0736. The third-order valence-electron chi connectivity index (χ3n) is 8.69. The second-order valence-corrected chi connectivity index (χ2v) is 14.3. The molecule has 5 rings (SSSR count). The molecular formula is C39H44ClFN8O8S. The van der Waals surface area contributed by atoms with Gasteiger partial charge in [-0.3, -0.25) is 14.3 Å². The molecule has 19 heteroatoms. The molecule has 2 aromatic carbocycles. The summed E-state index contributed by atoms with van der Waals surface area (Å²) in [6.07, 6.45) is 4.56. The summed E-state index contributed by atoms with van der Waals surface area (Å²) in [5.74, 6) is -2.97. The van der Waals surface area contributed by atoms with Gasteiger partial charge in [-0.25, -0.2) is 23.9 Å². The van der Waals surface area contributed by atoms with Crippen LogP contribution in [0, 0.1) is 5.82 Å². The number of aliphatic hydroxyl groups excluding tert-OH is 2. The SMILES string of the molecule is CCN(CC)CCN(Cc1cnc(-c2ccc(Cl)cc2)nc1)C(=O)Cn1cc(Cc2cnn(C)c2)c(=O)nc1SCc1ccc(F)cc1.O=C(O)C(O)C(O)C(=O)O. The normalized spacial score (nSPS) is 12.1. The number of aliphatic hydroxyl groups is 2. The zero-order chi connectivity index (χ0) is 42.4. The highest BCUT2D eigenvalue weighted by Gasteiger charge is 2.29. The molecule has 1 amide bonds. The average molecular weight is 839 g/mol. The zero-order valence-electron chi connectivity index (χ0n) is 32.0. The van der Waals surface area contributed by atoms with E-state index in [-0.39, 0.29) is 23.8 Å². The number of carbonyl (C=O) groups excluding carboxylic acids is 1. The van der Waals surface area contributed by atoms with E-state index in [0.717, 1.165) is 35.3 Å². The summed E-state index contributed by atoms with van der Waals surface area (Å²) in [5.41, 5.74) is 3.48. The van der Waals surface area contributed by atoms with Crippen LogP contribution >= 0.6 is 23.4 Å². The largest absolute Gasteiger partial charge is 0.479 e. The molecule has 3 aromatic heterocycles. The number of aryl methyl sites for hydroxylation is 1. The summed E-state index contributed by atoms with van der Waals surface area (Å²) in [4.78, 5) is 64.4. The molecule has 0 saturated heterocycles. The lowest BCUT2D eigenvalue weighted by Gasteiger charge is -2.27. The van der Waals surface area contributed by atoms with Gasteiger partial charge in [0.1, 0.15) is 12.4 Å². The Hall–Kier alpha value is -5.53. The van der Waals surface area contributed by atoms with Gasteiger partial charge < -0.3 is 34.8 Å². The summed E-state index contributed by atoms with van der Waals surface area (Å²) < 4.78 is 16.9. The van der Waals surface area contributed by atoms with E-state index in [1.807, 2.05) is 25.4 Å². The Bertz CT molecular complexity index is 2170. The molecule has 0 fully saturated rings. The third kappa shape index (κ3) is 13.6. The van der Waals surface area contributed by atoms with Crippen LogP contribution in [0.2, 0.25) is 5.02 Å². The lowest BCUT2D eigenvalue weighted by atomic mass is 10.1. The van der Waals surface area contributed by atoms with E-state index in [1.165, 1.54) is 23.9 Å². The molecule has 0 radical (unpaired) electrons. The van der Waals surface area contributed by atoms with E-state index < -0.39 is 24.1 Å². The van der Waals surface area contributed by atoms with E-state index in [9.17, 15) is 23.6 Å². The van der Waals surface area contributed by atoms with Crippen LogP contribution in [0.15, 0.2) is 89.5 Å². The van der Waals surface area contributed by atoms with Crippen molar-refractivity contribution in [3.05, 3.63) is 123 Å². The van der Waals surface area contributed by atoms with Crippen molar-refractivity contribution in [3.8, 4) is 11.4 Å². The maximum atomic E-state index is 14.1. The predicted octanol–water partition coefficient (Wildman–Crippen LogP) is 3.36. The molecule has 4 N–H and O–H groups in total. The van der Waals surface area contributed by atoms with Crippen molar-refractivity contribution in [1.82, 2.24) is 39.1 Å². The molecule has 2 atom stereocenters. The van der Waals surface area contributed by atoms with Crippen molar-refractivity contribution in [3.63, 3.8) is 0 Å². The Labute approximate surface area is 342 Å². The Morgan fingerprint density at radius 3 is 2.03 bits per heavy atom. The number of hydrogen-bond donors (Lipinski definition) is 4. The number of aliphatic carboxylic acids is 2.